The summed E-state index contributed by atoms with van der Waals surface area (Å²) in [7, 11) is 0. The standard InChI is InChI=1S/C59H35N5O/c1-3-17-37(18-4-1)57-60-58(45-26-15-28-48-54(45)44-25-11-13-27-47(44)63(48)40-21-5-2-6-22-40)62-59(61-57)55-50(33-31-43-42-24-12-14-29-52(42)65-56(43)55)64-49-32-30-36-16-9-10-23-41(36)53(49)46-34-38-19-7-8-20-39(38)35-51(46)64/h1-35H. The van der Waals surface area contributed by atoms with E-state index in [1.54, 1.807) is 0 Å². The van der Waals surface area contributed by atoms with Crippen LogP contribution in [0, 0.1) is 0 Å². The van der Waals surface area contributed by atoms with Crippen molar-refractivity contribution in [3.05, 3.63) is 212 Å². The number of benzene rings is 10. The predicted molar refractivity (Wildman–Crippen MR) is 267 cm³/mol. The Hall–Kier alpha value is -8.87. The Labute approximate surface area is 371 Å². The summed E-state index contributed by atoms with van der Waals surface area (Å²) in [5.74, 6) is 1.68. The van der Waals surface area contributed by atoms with Gasteiger partial charge < -0.3 is 13.6 Å². The zero-order valence-electron chi connectivity index (χ0n) is 34.9. The Bertz CT molecular complexity index is 4240. The van der Waals surface area contributed by atoms with E-state index in [-0.39, 0.29) is 0 Å². The fraction of sp³-hybridized carbons (Fsp3) is 0. The molecule has 302 valence electrons. The highest BCUT2D eigenvalue weighted by atomic mass is 16.3. The predicted octanol–water partition coefficient (Wildman–Crippen LogP) is 15.3. The summed E-state index contributed by atoms with van der Waals surface area (Å²) in [4.78, 5) is 16.4. The second-order valence-corrected chi connectivity index (χ2v) is 16.7. The minimum Gasteiger partial charge on any atom is -0.455 e. The van der Waals surface area contributed by atoms with E-state index in [0.29, 0.717) is 17.5 Å². The van der Waals surface area contributed by atoms with E-state index in [9.17, 15) is 0 Å². The quantitative estimate of drug-likeness (QED) is 0.173. The zero-order chi connectivity index (χ0) is 42.6. The van der Waals surface area contributed by atoms with Crippen LogP contribution in [0.4, 0.5) is 0 Å². The average molecular weight is 830 g/mol. The van der Waals surface area contributed by atoms with Crippen LogP contribution in [0.5, 0.6) is 0 Å². The van der Waals surface area contributed by atoms with Crippen molar-refractivity contribution in [2.24, 2.45) is 0 Å². The summed E-state index contributed by atoms with van der Waals surface area (Å²) in [5.41, 5.74) is 10.5. The van der Waals surface area contributed by atoms with Crippen LogP contribution in [0.15, 0.2) is 217 Å². The van der Waals surface area contributed by atoms with Crippen molar-refractivity contribution in [2.45, 2.75) is 0 Å². The molecular weight excluding hydrogens is 795 g/mol. The van der Waals surface area contributed by atoms with Gasteiger partial charge in [-0.3, -0.25) is 0 Å². The normalized spacial score (nSPS) is 12.0. The van der Waals surface area contributed by atoms with Crippen molar-refractivity contribution in [3.8, 4) is 45.5 Å². The van der Waals surface area contributed by atoms with Crippen LogP contribution in [-0.2, 0) is 0 Å². The van der Waals surface area contributed by atoms with Crippen LogP contribution in [-0.4, -0.2) is 24.1 Å². The molecule has 0 radical (unpaired) electrons. The molecule has 0 saturated carbocycles. The second kappa shape index (κ2) is 13.8. The first kappa shape index (κ1) is 35.7. The Balaban J connectivity index is 1.13. The molecule has 0 fully saturated rings. The summed E-state index contributed by atoms with van der Waals surface area (Å²) in [6.45, 7) is 0. The third kappa shape index (κ3) is 5.31. The van der Waals surface area contributed by atoms with E-state index in [1.807, 2.05) is 30.3 Å². The van der Waals surface area contributed by atoms with Crippen molar-refractivity contribution >= 4 is 87.1 Å². The lowest BCUT2D eigenvalue weighted by Crippen LogP contribution is -2.04. The summed E-state index contributed by atoms with van der Waals surface area (Å²) in [6.07, 6.45) is 0. The largest absolute Gasteiger partial charge is 0.455 e. The lowest BCUT2D eigenvalue weighted by atomic mass is 10.0. The van der Waals surface area contributed by atoms with Gasteiger partial charge in [0.15, 0.2) is 17.5 Å². The van der Waals surface area contributed by atoms with Gasteiger partial charge in [0.25, 0.3) is 0 Å². The van der Waals surface area contributed by atoms with Gasteiger partial charge in [-0.05, 0) is 82.2 Å². The number of nitrogens with zero attached hydrogens (tertiary/aromatic N) is 5. The molecule has 4 heterocycles. The molecule has 6 nitrogen and oxygen atoms in total. The molecule has 0 aliphatic heterocycles. The summed E-state index contributed by atoms with van der Waals surface area (Å²) in [5, 5.41) is 11.3. The molecule has 4 aromatic heterocycles. The molecular formula is C59H35N5O. The van der Waals surface area contributed by atoms with Crippen molar-refractivity contribution in [3.63, 3.8) is 0 Å². The lowest BCUT2D eigenvalue weighted by Gasteiger charge is -2.16. The van der Waals surface area contributed by atoms with Gasteiger partial charge in [0, 0.05) is 49.1 Å². The van der Waals surface area contributed by atoms with Gasteiger partial charge in [-0.2, -0.15) is 0 Å². The van der Waals surface area contributed by atoms with E-state index in [4.69, 9.17) is 19.4 Å². The molecule has 0 saturated heterocycles. The molecule has 14 rings (SSSR count). The number of aromatic nitrogens is 5. The van der Waals surface area contributed by atoms with Crippen LogP contribution in [0.2, 0.25) is 0 Å². The molecule has 0 amide bonds. The van der Waals surface area contributed by atoms with Crippen molar-refractivity contribution in [1.29, 1.82) is 0 Å². The highest BCUT2D eigenvalue weighted by Gasteiger charge is 2.26. The average Bonchev–Trinajstić information content (AvgIpc) is 4.03. The number of furan rings is 1. The lowest BCUT2D eigenvalue weighted by molar-refractivity contribution is 0.669. The number of para-hydroxylation sites is 3. The molecule has 0 aliphatic rings. The van der Waals surface area contributed by atoms with Crippen LogP contribution >= 0.6 is 0 Å². The molecule has 10 aromatic carbocycles. The summed E-state index contributed by atoms with van der Waals surface area (Å²) < 4.78 is 11.7. The number of hydrogen-bond acceptors (Lipinski definition) is 4. The Morgan fingerprint density at radius 3 is 1.85 bits per heavy atom. The molecule has 0 spiro atoms. The fourth-order valence-electron chi connectivity index (χ4n) is 10.3. The summed E-state index contributed by atoms with van der Waals surface area (Å²) >= 11 is 0. The van der Waals surface area contributed by atoms with Crippen LogP contribution in [0.1, 0.15) is 0 Å². The Morgan fingerprint density at radius 2 is 1.00 bits per heavy atom. The molecule has 0 atom stereocenters. The topological polar surface area (TPSA) is 61.7 Å². The third-order valence-electron chi connectivity index (χ3n) is 13.1. The molecule has 0 aliphatic carbocycles. The second-order valence-electron chi connectivity index (χ2n) is 16.7. The van der Waals surface area contributed by atoms with Gasteiger partial charge in [0.2, 0.25) is 0 Å². The van der Waals surface area contributed by atoms with E-state index in [1.165, 1.54) is 26.9 Å². The maximum absolute atomic E-state index is 7.00. The zero-order valence-corrected chi connectivity index (χ0v) is 34.9. The molecule has 0 bridgehead atoms. The first-order valence-corrected chi connectivity index (χ1v) is 21.9. The van der Waals surface area contributed by atoms with E-state index in [0.717, 1.165) is 88.2 Å². The third-order valence-corrected chi connectivity index (χ3v) is 13.1. The van der Waals surface area contributed by atoms with E-state index in [2.05, 4.69) is 191 Å². The van der Waals surface area contributed by atoms with Gasteiger partial charge in [-0.15, -0.1) is 0 Å². The minimum absolute atomic E-state index is 0.522. The maximum atomic E-state index is 7.00. The molecule has 65 heavy (non-hydrogen) atoms. The van der Waals surface area contributed by atoms with Crippen LogP contribution in [0.25, 0.3) is 133 Å². The monoisotopic (exact) mass is 829 g/mol. The van der Waals surface area contributed by atoms with Crippen molar-refractivity contribution in [1.82, 2.24) is 24.1 Å². The molecule has 0 unspecified atom stereocenters. The minimum atomic E-state index is 0.522. The van der Waals surface area contributed by atoms with Crippen molar-refractivity contribution in [2.75, 3.05) is 0 Å². The van der Waals surface area contributed by atoms with Gasteiger partial charge in [0.05, 0.1) is 33.3 Å². The van der Waals surface area contributed by atoms with Gasteiger partial charge >= 0.3 is 0 Å². The first-order chi connectivity index (χ1) is 32.2. The highest BCUT2D eigenvalue weighted by molar-refractivity contribution is 6.24. The number of hydrogen-bond donors (Lipinski definition) is 0. The molecule has 0 N–H and O–H groups in total. The summed E-state index contributed by atoms with van der Waals surface area (Å²) in [6, 6.07) is 74.9. The number of rotatable bonds is 5. The van der Waals surface area contributed by atoms with Gasteiger partial charge in [-0.1, -0.05) is 152 Å². The maximum Gasteiger partial charge on any atom is 0.170 e. The van der Waals surface area contributed by atoms with E-state index < -0.39 is 0 Å². The van der Waals surface area contributed by atoms with Crippen LogP contribution in [0.3, 0.4) is 0 Å². The van der Waals surface area contributed by atoms with Crippen molar-refractivity contribution < 1.29 is 4.42 Å². The van der Waals surface area contributed by atoms with Gasteiger partial charge in [-0.25, -0.2) is 15.0 Å². The Kier molecular flexibility index (Phi) is 7.59. The fourth-order valence-corrected chi connectivity index (χ4v) is 10.3. The molecule has 14 aromatic rings. The smallest absolute Gasteiger partial charge is 0.170 e. The number of fused-ring (bicyclic) bond motifs is 12. The van der Waals surface area contributed by atoms with E-state index >= 15 is 0 Å². The highest BCUT2D eigenvalue weighted by Crippen LogP contribution is 2.45. The van der Waals surface area contributed by atoms with Crippen LogP contribution < -0.4 is 0 Å². The van der Waals surface area contributed by atoms with Gasteiger partial charge in [0.1, 0.15) is 11.2 Å². The SMILES string of the molecule is c1ccc(-c2nc(-c3c(-n4c5cc6ccccc6cc5c5c6ccccc6ccc54)ccc4c3oc3ccccc34)nc(-c3cccc4c3c3ccccc3n4-c3ccccc3)n2)cc1. The molecule has 6 heteroatoms. The first-order valence-electron chi connectivity index (χ1n) is 21.9. The Morgan fingerprint density at radius 1 is 0.354 bits per heavy atom.